The molecule has 0 fully saturated rings. The summed E-state index contributed by atoms with van der Waals surface area (Å²) in [5, 5.41) is 0.130. The highest BCUT2D eigenvalue weighted by Gasteiger charge is 2.27. The van der Waals surface area contributed by atoms with Crippen LogP contribution in [-0.4, -0.2) is 22.8 Å². The monoisotopic (exact) mass is 268 g/mol. The van der Waals surface area contributed by atoms with Crippen molar-refractivity contribution in [1.82, 2.24) is 9.97 Å². The lowest BCUT2D eigenvalue weighted by Gasteiger charge is -2.09. The quantitative estimate of drug-likeness (QED) is 0.786. The number of hydrogen-bond donors (Lipinski definition) is 0. The molecular formula is C10H12ClF3N2O. The average molecular weight is 269 g/mol. The largest absolute Gasteiger partial charge is 0.411 e. The molecule has 0 aliphatic heterocycles. The second kappa shape index (κ2) is 5.64. The van der Waals surface area contributed by atoms with Gasteiger partial charge in [-0.2, -0.15) is 13.2 Å². The van der Waals surface area contributed by atoms with Crippen molar-refractivity contribution < 1.29 is 17.9 Å². The Balaban J connectivity index is 2.61. The van der Waals surface area contributed by atoms with Gasteiger partial charge in [-0.25, -0.2) is 9.97 Å². The van der Waals surface area contributed by atoms with Gasteiger partial charge in [0.2, 0.25) is 0 Å². The normalized spacial score (nSPS) is 12.2. The second-order valence-corrected chi connectivity index (χ2v) is 4.16. The molecule has 0 atom stereocenters. The lowest BCUT2D eigenvalue weighted by atomic mass is 10.2. The summed E-state index contributed by atoms with van der Waals surface area (Å²) in [7, 11) is 0. The molecule has 1 aromatic rings. The summed E-state index contributed by atoms with van der Waals surface area (Å²) in [6.45, 7) is 2.23. The molecule has 0 unspecified atom stereocenters. The van der Waals surface area contributed by atoms with Crippen LogP contribution in [0.15, 0.2) is 6.20 Å². The lowest BCUT2D eigenvalue weighted by Crippen LogP contribution is -2.17. The van der Waals surface area contributed by atoms with Gasteiger partial charge in [-0.3, -0.25) is 0 Å². The first kappa shape index (κ1) is 14.2. The van der Waals surface area contributed by atoms with Crippen LogP contribution in [0, 0.1) is 0 Å². The first-order valence-corrected chi connectivity index (χ1v) is 5.33. The lowest BCUT2D eigenvalue weighted by molar-refractivity contribution is -0.176. The molecule has 1 aromatic heterocycles. The van der Waals surface area contributed by atoms with Crippen LogP contribution >= 0.6 is 11.6 Å². The molecule has 1 rings (SSSR count). The summed E-state index contributed by atoms with van der Waals surface area (Å²) >= 11 is 5.81. The van der Waals surface area contributed by atoms with Crippen molar-refractivity contribution in [3.8, 4) is 0 Å². The highest BCUT2D eigenvalue weighted by molar-refractivity contribution is 6.30. The van der Waals surface area contributed by atoms with E-state index in [1.807, 2.05) is 13.8 Å². The van der Waals surface area contributed by atoms with Crippen LogP contribution in [0.25, 0.3) is 0 Å². The van der Waals surface area contributed by atoms with Crippen LogP contribution in [0.3, 0.4) is 0 Å². The van der Waals surface area contributed by atoms with Crippen molar-refractivity contribution in [1.29, 1.82) is 0 Å². The maximum atomic E-state index is 11.8. The van der Waals surface area contributed by atoms with E-state index in [2.05, 4.69) is 14.7 Å². The van der Waals surface area contributed by atoms with Gasteiger partial charge in [0.1, 0.15) is 17.6 Å². The molecule has 0 radical (unpaired) electrons. The van der Waals surface area contributed by atoms with Gasteiger partial charge in [0, 0.05) is 17.7 Å². The third-order valence-electron chi connectivity index (χ3n) is 1.87. The van der Waals surface area contributed by atoms with E-state index >= 15 is 0 Å². The molecule has 1 heterocycles. The number of ether oxygens (including phenoxy) is 1. The van der Waals surface area contributed by atoms with Crippen molar-refractivity contribution in [2.45, 2.75) is 32.5 Å². The zero-order chi connectivity index (χ0) is 13.1. The number of rotatable bonds is 4. The van der Waals surface area contributed by atoms with Gasteiger partial charge >= 0.3 is 6.18 Å². The smallest absolute Gasteiger partial charge is 0.367 e. The summed E-state index contributed by atoms with van der Waals surface area (Å²) in [6, 6.07) is 0. The molecule has 0 spiro atoms. The Kier molecular flexibility index (Phi) is 4.70. The van der Waals surface area contributed by atoms with E-state index in [4.69, 9.17) is 11.6 Å². The topological polar surface area (TPSA) is 35.0 Å². The van der Waals surface area contributed by atoms with E-state index in [1.54, 1.807) is 0 Å². The SMILES string of the molecule is CC(C)c1ncc(COCC(F)(F)F)c(Cl)n1. The highest BCUT2D eigenvalue weighted by Crippen LogP contribution is 2.19. The average Bonchev–Trinajstić information content (AvgIpc) is 2.18. The van der Waals surface area contributed by atoms with Crippen molar-refractivity contribution in [2.24, 2.45) is 0 Å². The molecule has 17 heavy (non-hydrogen) atoms. The molecule has 0 aliphatic rings. The Morgan fingerprint density at radius 1 is 1.41 bits per heavy atom. The van der Waals surface area contributed by atoms with Gasteiger partial charge in [-0.05, 0) is 0 Å². The van der Waals surface area contributed by atoms with Crippen molar-refractivity contribution in [3.05, 3.63) is 22.7 Å². The fourth-order valence-corrected chi connectivity index (χ4v) is 1.24. The minimum Gasteiger partial charge on any atom is -0.367 e. The van der Waals surface area contributed by atoms with Gasteiger partial charge in [0.25, 0.3) is 0 Å². The summed E-state index contributed by atoms with van der Waals surface area (Å²) in [5.74, 6) is 0.659. The predicted molar refractivity (Wildman–Crippen MR) is 56.8 cm³/mol. The highest BCUT2D eigenvalue weighted by atomic mass is 35.5. The van der Waals surface area contributed by atoms with Crippen molar-refractivity contribution in [3.63, 3.8) is 0 Å². The standard InChI is InChI=1S/C10H12ClF3N2O/c1-6(2)9-15-3-7(8(11)16-9)4-17-5-10(12,13)14/h3,6H,4-5H2,1-2H3. The molecule has 3 nitrogen and oxygen atoms in total. The molecule has 96 valence electrons. The fraction of sp³-hybridized carbons (Fsp3) is 0.600. The van der Waals surface area contributed by atoms with Crippen LogP contribution in [-0.2, 0) is 11.3 Å². The van der Waals surface area contributed by atoms with Crippen LogP contribution in [0.1, 0.15) is 31.2 Å². The Morgan fingerprint density at radius 3 is 2.53 bits per heavy atom. The van der Waals surface area contributed by atoms with E-state index in [0.29, 0.717) is 11.4 Å². The van der Waals surface area contributed by atoms with Crippen LogP contribution in [0.2, 0.25) is 5.15 Å². The predicted octanol–water partition coefficient (Wildman–Crippen LogP) is 3.33. The Morgan fingerprint density at radius 2 is 2.06 bits per heavy atom. The molecule has 0 aliphatic carbocycles. The number of alkyl halides is 3. The maximum Gasteiger partial charge on any atom is 0.411 e. The molecule has 0 bridgehead atoms. The molecule has 7 heteroatoms. The first-order valence-electron chi connectivity index (χ1n) is 4.95. The number of hydrogen-bond acceptors (Lipinski definition) is 3. The molecule has 0 saturated heterocycles. The molecular weight excluding hydrogens is 257 g/mol. The fourth-order valence-electron chi connectivity index (χ4n) is 1.05. The zero-order valence-electron chi connectivity index (χ0n) is 9.38. The third-order valence-corrected chi connectivity index (χ3v) is 2.20. The van der Waals surface area contributed by atoms with E-state index in [1.165, 1.54) is 6.20 Å². The minimum absolute atomic E-state index is 0.109. The summed E-state index contributed by atoms with van der Waals surface area (Å²) in [5.41, 5.74) is 0.348. The van der Waals surface area contributed by atoms with E-state index < -0.39 is 12.8 Å². The van der Waals surface area contributed by atoms with Crippen LogP contribution in [0.5, 0.6) is 0 Å². The van der Waals surface area contributed by atoms with Gasteiger partial charge in [-0.1, -0.05) is 25.4 Å². The minimum atomic E-state index is -4.34. The van der Waals surface area contributed by atoms with Crippen LogP contribution < -0.4 is 0 Å². The van der Waals surface area contributed by atoms with Crippen molar-refractivity contribution in [2.75, 3.05) is 6.61 Å². The summed E-state index contributed by atoms with van der Waals surface area (Å²) in [6.07, 6.45) is -2.95. The molecule has 0 amide bonds. The van der Waals surface area contributed by atoms with Gasteiger partial charge < -0.3 is 4.74 Å². The number of nitrogens with zero attached hydrogens (tertiary/aromatic N) is 2. The Bertz CT molecular complexity index is 382. The van der Waals surface area contributed by atoms with Crippen LogP contribution in [0.4, 0.5) is 13.2 Å². The zero-order valence-corrected chi connectivity index (χ0v) is 10.1. The third kappa shape index (κ3) is 4.87. The van der Waals surface area contributed by atoms with Crippen molar-refractivity contribution >= 4 is 11.6 Å². The second-order valence-electron chi connectivity index (χ2n) is 3.81. The summed E-state index contributed by atoms with van der Waals surface area (Å²) in [4.78, 5) is 7.98. The Labute approximate surface area is 102 Å². The van der Waals surface area contributed by atoms with Gasteiger partial charge in [-0.15, -0.1) is 0 Å². The number of aromatic nitrogens is 2. The molecule has 0 saturated carbocycles. The van der Waals surface area contributed by atoms with E-state index in [0.717, 1.165) is 0 Å². The molecule has 0 aromatic carbocycles. The van der Waals surface area contributed by atoms with E-state index in [9.17, 15) is 13.2 Å². The van der Waals surface area contributed by atoms with E-state index in [-0.39, 0.29) is 17.7 Å². The van der Waals surface area contributed by atoms with Gasteiger partial charge in [0.15, 0.2) is 0 Å². The summed E-state index contributed by atoms with van der Waals surface area (Å²) < 4.78 is 40.0. The Hall–Kier alpha value is -0.880. The molecule has 0 N–H and O–H groups in total. The first-order chi connectivity index (χ1) is 7.79. The number of halogens is 4. The maximum absolute atomic E-state index is 11.8. The van der Waals surface area contributed by atoms with Gasteiger partial charge in [0.05, 0.1) is 6.61 Å².